The number of anilines is 1. The van der Waals surface area contributed by atoms with E-state index in [4.69, 9.17) is 28.8 Å². The van der Waals surface area contributed by atoms with Gasteiger partial charge in [0.1, 0.15) is 17.2 Å². The predicted molar refractivity (Wildman–Crippen MR) is 169 cm³/mol. The summed E-state index contributed by atoms with van der Waals surface area (Å²) in [6, 6.07) is 23.7. The Morgan fingerprint density at radius 1 is 0.867 bits per heavy atom. The van der Waals surface area contributed by atoms with E-state index in [0.717, 1.165) is 16.8 Å². The van der Waals surface area contributed by atoms with E-state index in [0.29, 0.717) is 56.6 Å². The zero-order valence-electron chi connectivity index (χ0n) is 25.5. The number of esters is 1. The largest absolute Gasteiger partial charge is 0.497 e. The Morgan fingerprint density at radius 2 is 1.64 bits per heavy atom. The molecule has 0 aliphatic carbocycles. The Hall–Kier alpha value is -5.77. The molecule has 45 heavy (non-hydrogen) atoms. The minimum atomic E-state index is -0.497. The number of ether oxygens (including phenoxy) is 5. The zero-order valence-corrected chi connectivity index (χ0v) is 25.5. The van der Waals surface area contributed by atoms with Crippen LogP contribution in [0.3, 0.4) is 0 Å². The van der Waals surface area contributed by atoms with Gasteiger partial charge in [-0.2, -0.15) is 9.78 Å². The van der Waals surface area contributed by atoms with Gasteiger partial charge < -0.3 is 29.0 Å². The first-order valence-electron chi connectivity index (χ1n) is 14.2. The second-order valence-electron chi connectivity index (χ2n) is 10.5. The molecule has 1 aromatic heterocycles. The molecule has 1 aliphatic heterocycles. The quantitative estimate of drug-likeness (QED) is 0.194. The first-order chi connectivity index (χ1) is 21.7. The van der Waals surface area contributed by atoms with Crippen molar-refractivity contribution in [2.75, 3.05) is 26.3 Å². The normalized spacial score (nSPS) is 11.7. The van der Waals surface area contributed by atoms with Gasteiger partial charge in [-0.05, 0) is 79.1 Å². The SMILES string of the molecule is COc1ccc(-c2nn(-c3cc(C)ccc3C)c(OC(C)=O)c2-c2ccc(NC(=O)c3ccc4c(c3)OCO4)cc2)c(OC)c1. The number of hydrogen-bond acceptors (Lipinski definition) is 8. The lowest BCUT2D eigenvalue weighted by atomic mass is 10.00. The molecule has 0 unspecified atom stereocenters. The summed E-state index contributed by atoms with van der Waals surface area (Å²) in [4.78, 5) is 25.5. The minimum absolute atomic E-state index is 0.127. The highest BCUT2D eigenvalue weighted by molar-refractivity contribution is 6.05. The molecular formula is C35H31N3O7. The third kappa shape index (κ3) is 5.77. The van der Waals surface area contributed by atoms with Crippen LogP contribution in [0.25, 0.3) is 28.1 Å². The first kappa shape index (κ1) is 29.3. The summed E-state index contributed by atoms with van der Waals surface area (Å²) in [5, 5.41) is 7.93. The van der Waals surface area contributed by atoms with Gasteiger partial charge in [-0.15, -0.1) is 0 Å². The molecule has 4 aromatic carbocycles. The van der Waals surface area contributed by atoms with Gasteiger partial charge in [-0.1, -0.05) is 24.3 Å². The smallest absolute Gasteiger partial charge is 0.309 e. The van der Waals surface area contributed by atoms with Crippen LogP contribution in [0, 0.1) is 13.8 Å². The number of methoxy groups -OCH3 is 2. The Morgan fingerprint density at radius 3 is 2.38 bits per heavy atom. The minimum Gasteiger partial charge on any atom is -0.497 e. The molecule has 6 rings (SSSR count). The van der Waals surface area contributed by atoms with Gasteiger partial charge in [-0.3, -0.25) is 9.59 Å². The average molecular weight is 606 g/mol. The fourth-order valence-electron chi connectivity index (χ4n) is 5.15. The number of aromatic nitrogens is 2. The molecule has 1 aliphatic rings. The number of fused-ring (bicyclic) bond motifs is 1. The summed E-state index contributed by atoms with van der Waals surface area (Å²) in [5.74, 6) is 1.73. The Labute approximate surface area is 260 Å². The van der Waals surface area contributed by atoms with Gasteiger partial charge in [0.2, 0.25) is 12.7 Å². The van der Waals surface area contributed by atoms with Gasteiger partial charge in [-0.25, -0.2) is 0 Å². The Balaban J connectivity index is 1.46. The van der Waals surface area contributed by atoms with Crippen molar-refractivity contribution in [1.29, 1.82) is 0 Å². The van der Waals surface area contributed by atoms with Crippen LogP contribution in [-0.2, 0) is 4.79 Å². The van der Waals surface area contributed by atoms with E-state index in [1.807, 2.05) is 56.3 Å². The van der Waals surface area contributed by atoms with Crippen LogP contribution in [0.5, 0.6) is 28.9 Å². The number of hydrogen-bond donors (Lipinski definition) is 1. The van der Waals surface area contributed by atoms with Crippen LogP contribution in [-0.4, -0.2) is 42.7 Å². The highest BCUT2D eigenvalue weighted by atomic mass is 16.7. The van der Waals surface area contributed by atoms with Gasteiger partial charge in [0.25, 0.3) is 5.91 Å². The molecule has 0 fully saturated rings. The summed E-state index contributed by atoms with van der Waals surface area (Å²) < 4.78 is 29.5. The van der Waals surface area contributed by atoms with E-state index in [9.17, 15) is 9.59 Å². The molecule has 1 N–H and O–H groups in total. The number of rotatable bonds is 8. The molecule has 10 heteroatoms. The van der Waals surface area contributed by atoms with Crippen LogP contribution >= 0.6 is 0 Å². The number of nitrogens with zero attached hydrogens (tertiary/aromatic N) is 2. The lowest BCUT2D eigenvalue weighted by Crippen LogP contribution is -2.11. The van der Waals surface area contributed by atoms with Gasteiger partial charge in [0, 0.05) is 29.8 Å². The standard InChI is InChI=1S/C35H31N3O7/c1-20-6-7-21(2)28(16-20)38-35(45-22(3)39)32(33(37-38)27-14-13-26(41-4)18-30(27)42-5)23-8-11-25(12-9-23)36-34(40)24-10-15-29-31(17-24)44-19-43-29/h6-18H,19H2,1-5H3,(H,36,40). The number of aryl methyl sites for hydroxylation is 2. The predicted octanol–water partition coefficient (Wildman–Crippen LogP) is 6.75. The van der Waals surface area contributed by atoms with Crippen molar-refractivity contribution in [3.63, 3.8) is 0 Å². The van der Waals surface area contributed by atoms with Crippen molar-refractivity contribution < 1.29 is 33.3 Å². The summed E-state index contributed by atoms with van der Waals surface area (Å²) in [6.07, 6.45) is 0. The molecule has 0 radical (unpaired) electrons. The van der Waals surface area contributed by atoms with Crippen molar-refractivity contribution in [3.05, 3.63) is 95.6 Å². The van der Waals surface area contributed by atoms with E-state index in [1.165, 1.54) is 6.92 Å². The molecule has 2 heterocycles. The maximum absolute atomic E-state index is 13.0. The molecule has 0 spiro atoms. The lowest BCUT2D eigenvalue weighted by Gasteiger charge is -2.13. The molecule has 0 saturated carbocycles. The van der Waals surface area contributed by atoms with Crippen LogP contribution in [0.4, 0.5) is 5.69 Å². The summed E-state index contributed by atoms with van der Waals surface area (Å²) in [7, 11) is 3.16. The number of benzene rings is 4. The van der Waals surface area contributed by atoms with Crippen molar-refractivity contribution in [3.8, 4) is 56.9 Å². The molecule has 0 saturated heterocycles. The topological polar surface area (TPSA) is 110 Å². The monoisotopic (exact) mass is 605 g/mol. The molecule has 5 aromatic rings. The summed E-state index contributed by atoms with van der Waals surface area (Å²) in [6.45, 7) is 5.44. The Kier molecular flexibility index (Phi) is 7.87. The van der Waals surface area contributed by atoms with Crippen molar-refractivity contribution in [1.82, 2.24) is 9.78 Å². The van der Waals surface area contributed by atoms with E-state index in [2.05, 4.69) is 5.32 Å². The van der Waals surface area contributed by atoms with Crippen molar-refractivity contribution >= 4 is 17.6 Å². The van der Waals surface area contributed by atoms with E-state index in [1.54, 1.807) is 55.3 Å². The highest BCUT2D eigenvalue weighted by Gasteiger charge is 2.27. The number of carbonyl (C=O) groups is 2. The summed E-state index contributed by atoms with van der Waals surface area (Å²) in [5.41, 5.74) is 6.21. The van der Waals surface area contributed by atoms with Gasteiger partial charge >= 0.3 is 5.97 Å². The second-order valence-corrected chi connectivity index (χ2v) is 10.5. The molecule has 10 nitrogen and oxygen atoms in total. The average Bonchev–Trinajstić information content (AvgIpc) is 3.66. The number of amides is 1. The second kappa shape index (κ2) is 12.1. The molecular weight excluding hydrogens is 574 g/mol. The molecule has 0 atom stereocenters. The Bertz CT molecular complexity index is 1930. The van der Waals surface area contributed by atoms with Crippen LogP contribution in [0.1, 0.15) is 28.4 Å². The van der Waals surface area contributed by atoms with Gasteiger partial charge in [0.05, 0.1) is 25.5 Å². The van der Waals surface area contributed by atoms with Crippen LogP contribution in [0.15, 0.2) is 78.9 Å². The maximum atomic E-state index is 13.0. The fraction of sp³-hybridized carbons (Fsp3) is 0.171. The number of nitrogens with one attached hydrogen (secondary N) is 1. The van der Waals surface area contributed by atoms with E-state index >= 15 is 0 Å². The van der Waals surface area contributed by atoms with E-state index < -0.39 is 5.97 Å². The molecule has 0 bridgehead atoms. The molecule has 228 valence electrons. The first-order valence-corrected chi connectivity index (χ1v) is 14.2. The van der Waals surface area contributed by atoms with Crippen molar-refractivity contribution in [2.45, 2.75) is 20.8 Å². The zero-order chi connectivity index (χ0) is 31.7. The fourth-order valence-corrected chi connectivity index (χ4v) is 5.15. The highest BCUT2D eigenvalue weighted by Crippen LogP contribution is 2.45. The third-order valence-electron chi connectivity index (χ3n) is 7.41. The van der Waals surface area contributed by atoms with Crippen LogP contribution in [0.2, 0.25) is 0 Å². The summed E-state index contributed by atoms with van der Waals surface area (Å²) >= 11 is 0. The van der Waals surface area contributed by atoms with Crippen molar-refractivity contribution in [2.24, 2.45) is 0 Å². The lowest BCUT2D eigenvalue weighted by molar-refractivity contribution is -0.132. The maximum Gasteiger partial charge on any atom is 0.309 e. The third-order valence-corrected chi connectivity index (χ3v) is 7.41. The van der Waals surface area contributed by atoms with Crippen LogP contribution < -0.4 is 29.0 Å². The number of carbonyl (C=O) groups excluding carboxylic acids is 2. The molecule has 1 amide bonds. The van der Waals surface area contributed by atoms with E-state index in [-0.39, 0.29) is 18.6 Å². The van der Waals surface area contributed by atoms with Gasteiger partial charge in [0.15, 0.2) is 11.5 Å².